The van der Waals surface area contributed by atoms with Crippen molar-refractivity contribution in [2.75, 3.05) is 0 Å². The van der Waals surface area contributed by atoms with Gasteiger partial charge in [0, 0.05) is 0 Å². The van der Waals surface area contributed by atoms with E-state index in [-0.39, 0.29) is 11.7 Å². The van der Waals surface area contributed by atoms with Crippen LogP contribution in [0.5, 0.6) is 17.2 Å². The number of benzene rings is 4. The van der Waals surface area contributed by atoms with Crippen LogP contribution in [0.15, 0.2) is 97.1 Å². The molecule has 0 atom stereocenters. The summed E-state index contributed by atoms with van der Waals surface area (Å²) < 4.78 is 11.0. The Morgan fingerprint density at radius 3 is 2.00 bits per heavy atom. The first kappa shape index (κ1) is 22.2. The summed E-state index contributed by atoms with van der Waals surface area (Å²) in [6.45, 7) is 0. The highest BCUT2D eigenvalue weighted by molar-refractivity contribution is 5.92. The third-order valence-electron chi connectivity index (χ3n) is 5.87. The maximum Gasteiger partial charge on any atom is 0.343 e. The zero-order valence-electron chi connectivity index (χ0n) is 18.8. The van der Waals surface area contributed by atoms with Gasteiger partial charge < -0.3 is 14.6 Å². The molecule has 0 saturated heterocycles. The van der Waals surface area contributed by atoms with Gasteiger partial charge in [-0.05, 0) is 95.8 Å². The molecule has 35 heavy (non-hydrogen) atoms. The second-order valence-electron chi connectivity index (χ2n) is 8.25. The Bertz CT molecular complexity index is 1400. The molecule has 0 bridgehead atoms. The fraction of sp³-hybridized carbons (Fsp3) is 0.0667. The second-order valence-corrected chi connectivity index (χ2v) is 8.25. The van der Waals surface area contributed by atoms with Gasteiger partial charge in [-0.3, -0.25) is 0 Å². The van der Waals surface area contributed by atoms with E-state index in [1.807, 2.05) is 48.5 Å². The monoisotopic (exact) mass is 462 g/mol. The van der Waals surface area contributed by atoms with E-state index in [9.17, 15) is 14.7 Å². The number of rotatable bonds is 5. The fourth-order valence-electron chi connectivity index (χ4n) is 4.00. The first-order valence-corrected chi connectivity index (χ1v) is 11.3. The van der Waals surface area contributed by atoms with Crippen LogP contribution < -0.4 is 9.47 Å². The molecule has 0 saturated carbocycles. The number of hydrogen-bond acceptors (Lipinski definition) is 5. The van der Waals surface area contributed by atoms with Crippen molar-refractivity contribution >= 4 is 23.6 Å². The maximum atomic E-state index is 12.3. The third-order valence-corrected chi connectivity index (χ3v) is 5.87. The Morgan fingerprint density at radius 1 is 0.657 bits per heavy atom. The summed E-state index contributed by atoms with van der Waals surface area (Å²) >= 11 is 0. The average Bonchev–Trinajstić information content (AvgIpc) is 2.89. The topological polar surface area (TPSA) is 72.8 Å². The molecule has 0 spiro atoms. The number of aryl methyl sites for hydroxylation is 1. The molecular formula is C30H22O5. The minimum atomic E-state index is -0.479. The number of ether oxygens (including phenoxy) is 2. The molecule has 1 N–H and O–H groups in total. The summed E-state index contributed by atoms with van der Waals surface area (Å²) in [6.07, 6.45) is 3.81. The van der Waals surface area contributed by atoms with E-state index >= 15 is 0 Å². The quantitative estimate of drug-likeness (QED) is 0.278. The molecule has 0 radical (unpaired) electrons. The molecule has 5 nitrogen and oxygen atoms in total. The molecule has 5 heteroatoms. The highest BCUT2D eigenvalue weighted by Crippen LogP contribution is 2.33. The molecule has 0 heterocycles. The summed E-state index contributed by atoms with van der Waals surface area (Å²) in [5.41, 5.74) is 5.35. The lowest BCUT2D eigenvalue weighted by Crippen LogP contribution is -2.09. The number of phenolic OH excluding ortho intramolecular Hbond substituents is 1. The predicted octanol–water partition coefficient (Wildman–Crippen LogP) is 6.32. The zero-order chi connectivity index (χ0) is 24.2. The zero-order valence-corrected chi connectivity index (χ0v) is 18.8. The average molecular weight is 463 g/mol. The van der Waals surface area contributed by atoms with Gasteiger partial charge in [-0.15, -0.1) is 0 Å². The van der Waals surface area contributed by atoms with E-state index in [0.29, 0.717) is 22.6 Å². The van der Waals surface area contributed by atoms with Gasteiger partial charge in [-0.25, -0.2) is 9.59 Å². The van der Waals surface area contributed by atoms with E-state index in [1.54, 1.807) is 24.3 Å². The number of esters is 2. The first-order chi connectivity index (χ1) is 17.0. The van der Waals surface area contributed by atoms with E-state index in [4.69, 9.17) is 9.47 Å². The summed E-state index contributed by atoms with van der Waals surface area (Å²) in [5.74, 6) is 0.233. The highest BCUT2D eigenvalue weighted by atomic mass is 16.5. The van der Waals surface area contributed by atoms with Crippen molar-refractivity contribution in [3.8, 4) is 17.2 Å². The van der Waals surface area contributed by atoms with Crippen molar-refractivity contribution in [1.29, 1.82) is 0 Å². The van der Waals surface area contributed by atoms with Crippen molar-refractivity contribution in [2.24, 2.45) is 0 Å². The number of carbonyl (C=O) groups excluding carboxylic acids is 2. The van der Waals surface area contributed by atoms with Crippen LogP contribution in [0.4, 0.5) is 0 Å². The van der Waals surface area contributed by atoms with Gasteiger partial charge in [0.25, 0.3) is 0 Å². The van der Waals surface area contributed by atoms with Gasteiger partial charge >= 0.3 is 11.9 Å². The Morgan fingerprint density at radius 2 is 1.29 bits per heavy atom. The van der Waals surface area contributed by atoms with Gasteiger partial charge in [-0.2, -0.15) is 0 Å². The summed E-state index contributed by atoms with van der Waals surface area (Å²) in [5, 5.41) is 9.36. The number of hydrogen-bond donors (Lipinski definition) is 1. The first-order valence-electron chi connectivity index (χ1n) is 11.3. The third kappa shape index (κ3) is 5.14. The normalized spacial score (nSPS) is 12.3. The van der Waals surface area contributed by atoms with Crippen LogP contribution >= 0.6 is 0 Å². The van der Waals surface area contributed by atoms with Gasteiger partial charge in [-0.1, -0.05) is 42.5 Å². The lowest BCUT2D eigenvalue weighted by Gasteiger charge is -2.18. The van der Waals surface area contributed by atoms with Crippen LogP contribution in [-0.2, 0) is 6.42 Å². The van der Waals surface area contributed by atoms with Crippen molar-refractivity contribution in [1.82, 2.24) is 0 Å². The van der Waals surface area contributed by atoms with E-state index in [2.05, 4.69) is 6.08 Å². The molecule has 1 aliphatic rings. The van der Waals surface area contributed by atoms with Crippen LogP contribution in [0, 0.1) is 0 Å². The minimum absolute atomic E-state index is 0.0951. The van der Waals surface area contributed by atoms with Crippen LogP contribution in [0.25, 0.3) is 11.6 Å². The standard InChI is InChI=1S/C30H22O5/c31-26-13-8-22(9-14-26)30(33)34-27-15-10-20(11-16-27)23-6-7-25-19-28(17-12-24(25)18-23)35-29(32)21-4-2-1-3-5-21/h1-5,8-19,31H,6-7H2. The van der Waals surface area contributed by atoms with Crippen molar-refractivity contribution in [3.63, 3.8) is 0 Å². The van der Waals surface area contributed by atoms with E-state index in [0.717, 1.165) is 29.5 Å². The van der Waals surface area contributed by atoms with Crippen molar-refractivity contribution in [2.45, 2.75) is 12.8 Å². The number of carbonyl (C=O) groups is 2. The van der Waals surface area contributed by atoms with Crippen molar-refractivity contribution in [3.05, 3.63) is 125 Å². The molecule has 4 aromatic rings. The number of aromatic hydroxyl groups is 1. The highest BCUT2D eigenvalue weighted by Gasteiger charge is 2.15. The number of allylic oxidation sites excluding steroid dienone is 1. The SMILES string of the molecule is O=C(Oc1ccc(C2=Cc3ccc(OC(=O)c4ccccc4)cc3CC2)cc1)c1ccc(O)cc1. The summed E-state index contributed by atoms with van der Waals surface area (Å²) in [4.78, 5) is 24.6. The van der Waals surface area contributed by atoms with Crippen LogP contribution in [0.1, 0.15) is 43.8 Å². The molecular weight excluding hydrogens is 440 g/mol. The van der Waals surface area contributed by atoms with Crippen molar-refractivity contribution < 1.29 is 24.2 Å². The Labute approximate surface area is 202 Å². The van der Waals surface area contributed by atoms with Crippen LogP contribution in [-0.4, -0.2) is 17.0 Å². The smallest absolute Gasteiger partial charge is 0.343 e. The maximum absolute atomic E-state index is 12.3. The number of fused-ring (bicyclic) bond motifs is 1. The fourth-order valence-corrected chi connectivity index (χ4v) is 4.00. The Balaban J connectivity index is 1.26. The minimum Gasteiger partial charge on any atom is -0.508 e. The van der Waals surface area contributed by atoms with Gasteiger partial charge in [0.1, 0.15) is 17.2 Å². The van der Waals surface area contributed by atoms with Crippen LogP contribution in [0.2, 0.25) is 0 Å². The molecule has 0 fully saturated rings. The summed E-state index contributed by atoms with van der Waals surface area (Å²) in [7, 11) is 0. The lowest BCUT2D eigenvalue weighted by atomic mass is 9.88. The van der Waals surface area contributed by atoms with Crippen LogP contribution in [0.3, 0.4) is 0 Å². The Kier molecular flexibility index (Phi) is 6.14. The molecule has 4 aromatic carbocycles. The van der Waals surface area contributed by atoms with E-state index < -0.39 is 5.97 Å². The molecule has 0 aliphatic heterocycles. The van der Waals surface area contributed by atoms with Gasteiger partial charge in [0.2, 0.25) is 0 Å². The summed E-state index contributed by atoms with van der Waals surface area (Å²) in [6, 6.07) is 28.0. The number of phenols is 1. The van der Waals surface area contributed by atoms with Gasteiger partial charge in [0.05, 0.1) is 11.1 Å². The molecule has 0 amide bonds. The molecule has 172 valence electrons. The molecule has 5 rings (SSSR count). The lowest BCUT2D eigenvalue weighted by molar-refractivity contribution is 0.0725. The second kappa shape index (κ2) is 9.69. The molecule has 0 aromatic heterocycles. The largest absolute Gasteiger partial charge is 0.508 e. The predicted molar refractivity (Wildman–Crippen MR) is 134 cm³/mol. The molecule has 0 unspecified atom stereocenters. The van der Waals surface area contributed by atoms with Gasteiger partial charge in [0.15, 0.2) is 0 Å². The molecule has 1 aliphatic carbocycles. The van der Waals surface area contributed by atoms with E-state index in [1.165, 1.54) is 29.8 Å². The Hall–Kier alpha value is -4.64.